The smallest absolute Gasteiger partial charge is 0.257 e. The Balaban J connectivity index is 1.63. The van der Waals surface area contributed by atoms with E-state index in [-0.39, 0.29) is 37.3 Å². The molecule has 0 aromatic heterocycles. The van der Waals surface area contributed by atoms with Gasteiger partial charge in [-0.1, -0.05) is 29.8 Å². The molecule has 3 amide bonds. The van der Waals surface area contributed by atoms with Crippen molar-refractivity contribution in [3.8, 4) is 5.75 Å². The van der Waals surface area contributed by atoms with E-state index < -0.39 is 5.92 Å². The highest BCUT2D eigenvalue weighted by Crippen LogP contribution is 2.31. The predicted molar refractivity (Wildman–Crippen MR) is 107 cm³/mol. The van der Waals surface area contributed by atoms with Gasteiger partial charge in [0, 0.05) is 31.8 Å². The minimum absolute atomic E-state index is 0.113. The molecule has 146 valence electrons. The number of rotatable bonds is 6. The molecule has 0 saturated carbocycles. The van der Waals surface area contributed by atoms with Crippen LogP contribution in [-0.2, 0) is 14.4 Å². The fourth-order valence-corrected chi connectivity index (χ4v) is 3.15. The van der Waals surface area contributed by atoms with Crippen LogP contribution in [0.3, 0.4) is 0 Å². The van der Waals surface area contributed by atoms with Gasteiger partial charge in [0.15, 0.2) is 6.61 Å². The molecule has 0 bridgehead atoms. The fourth-order valence-electron chi connectivity index (χ4n) is 2.92. The van der Waals surface area contributed by atoms with Gasteiger partial charge in [0.2, 0.25) is 11.8 Å². The van der Waals surface area contributed by atoms with Gasteiger partial charge in [-0.25, -0.2) is 0 Å². The molecule has 2 aromatic carbocycles. The first-order chi connectivity index (χ1) is 13.5. The monoisotopic (exact) mass is 401 g/mol. The molecule has 7 nitrogen and oxygen atoms in total. The molecule has 0 radical (unpaired) electrons. The number of hydrogen-bond donors (Lipinski definition) is 2. The first-order valence-electron chi connectivity index (χ1n) is 8.77. The van der Waals surface area contributed by atoms with Gasteiger partial charge in [0.1, 0.15) is 5.75 Å². The van der Waals surface area contributed by atoms with Crippen molar-refractivity contribution in [3.05, 3.63) is 53.6 Å². The maximum absolute atomic E-state index is 12.6. The fraction of sp³-hybridized carbons (Fsp3) is 0.250. The normalized spacial score (nSPS) is 16.0. The van der Waals surface area contributed by atoms with Crippen LogP contribution in [0.4, 0.5) is 11.4 Å². The lowest BCUT2D eigenvalue weighted by atomic mass is 10.1. The Bertz CT molecular complexity index is 903. The van der Waals surface area contributed by atoms with Crippen LogP contribution >= 0.6 is 11.6 Å². The second kappa shape index (κ2) is 8.75. The first kappa shape index (κ1) is 19.7. The highest BCUT2D eigenvalue weighted by atomic mass is 35.5. The molecule has 2 N–H and O–H groups in total. The lowest BCUT2D eigenvalue weighted by Crippen LogP contribution is -2.28. The zero-order chi connectivity index (χ0) is 20.1. The van der Waals surface area contributed by atoms with Gasteiger partial charge in [-0.2, -0.15) is 0 Å². The number of hydrogen-bond acceptors (Lipinski definition) is 4. The second-order valence-corrected chi connectivity index (χ2v) is 6.74. The van der Waals surface area contributed by atoms with Gasteiger partial charge in [-0.15, -0.1) is 0 Å². The van der Waals surface area contributed by atoms with E-state index in [0.29, 0.717) is 22.1 Å². The Kier molecular flexibility index (Phi) is 6.16. The highest BCUT2D eigenvalue weighted by molar-refractivity contribution is 6.33. The second-order valence-electron chi connectivity index (χ2n) is 6.34. The molecule has 1 fully saturated rings. The molecule has 0 spiro atoms. The summed E-state index contributed by atoms with van der Waals surface area (Å²) in [7, 11) is 1.52. The van der Waals surface area contributed by atoms with Crippen molar-refractivity contribution in [1.29, 1.82) is 0 Å². The maximum Gasteiger partial charge on any atom is 0.257 e. The highest BCUT2D eigenvalue weighted by Gasteiger charge is 2.35. The van der Waals surface area contributed by atoms with Crippen LogP contribution in [0.2, 0.25) is 5.02 Å². The van der Waals surface area contributed by atoms with Crippen molar-refractivity contribution in [3.63, 3.8) is 0 Å². The van der Waals surface area contributed by atoms with Crippen molar-refractivity contribution in [1.82, 2.24) is 5.32 Å². The van der Waals surface area contributed by atoms with Gasteiger partial charge < -0.3 is 20.3 Å². The number of nitrogens with zero attached hydrogens (tertiary/aromatic N) is 1. The predicted octanol–water partition coefficient (Wildman–Crippen LogP) is 2.46. The average molecular weight is 402 g/mol. The summed E-state index contributed by atoms with van der Waals surface area (Å²) in [4.78, 5) is 37.8. The zero-order valence-corrected chi connectivity index (χ0v) is 16.0. The summed E-state index contributed by atoms with van der Waals surface area (Å²) in [5.41, 5.74) is 1.14. The van der Waals surface area contributed by atoms with Gasteiger partial charge in [0.25, 0.3) is 5.91 Å². The van der Waals surface area contributed by atoms with Crippen molar-refractivity contribution in [2.75, 3.05) is 30.4 Å². The number of anilines is 2. The number of likely N-dealkylation sites (N-methyl/N-ethyl adjacent to an activating group) is 1. The van der Waals surface area contributed by atoms with E-state index in [1.165, 1.54) is 11.9 Å². The third-order valence-electron chi connectivity index (χ3n) is 4.39. The van der Waals surface area contributed by atoms with Crippen LogP contribution in [0.1, 0.15) is 6.42 Å². The number of ether oxygens (including phenoxy) is 1. The Morgan fingerprint density at radius 1 is 1.21 bits per heavy atom. The molecule has 2 aromatic rings. The van der Waals surface area contributed by atoms with E-state index in [2.05, 4.69) is 10.6 Å². The number of halogens is 1. The van der Waals surface area contributed by atoms with E-state index in [0.717, 1.165) is 0 Å². The Labute approximate surface area is 167 Å². The van der Waals surface area contributed by atoms with E-state index >= 15 is 0 Å². The van der Waals surface area contributed by atoms with Crippen molar-refractivity contribution >= 4 is 40.7 Å². The van der Waals surface area contributed by atoms with Crippen LogP contribution in [-0.4, -0.2) is 37.9 Å². The topological polar surface area (TPSA) is 87.7 Å². The number of benzene rings is 2. The van der Waals surface area contributed by atoms with Crippen molar-refractivity contribution in [2.45, 2.75) is 6.42 Å². The molecule has 1 heterocycles. The molecule has 1 unspecified atom stereocenters. The third kappa shape index (κ3) is 4.61. The maximum atomic E-state index is 12.6. The van der Waals surface area contributed by atoms with E-state index in [9.17, 15) is 14.4 Å². The zero-order valence-electron chi connectivity index (χ0n) is 15.3. The summed E-state index contributed by atoms with van der Waals surface area (Å²) in [6, 6.07) is 13.8. The van der Waals surface area contributed by atoms with Crippen LogP contribution in [0.25, 0.3) is 0 Å². The first-order valence-corrected chi connectivity index (χ1v) is 9.15. The average Bonchev–Trinajstić information content (AvgIpc) is 3.08. The van der Waals surface area contributed by atoms with Gasteiger partial charge in [-0.05, 0) is 24.3 Å². The molecule has 3 rings (SSSR count). The molecule has 1 saturated heterocycles. The number of nitrogens with one attached hydrogen (secondary N) is 2. The van der Waals surface area contributed by atoms with Crippen molar-refractivity contribution < 1.29 is 19.1 Å². The van der Waals surface area contributed by atoms with Gasteiger partial charge in [-0.3, -0.25) is 14.4 Å². The van der Waals surface area contributed by atoms with Crippen LogP contribution in [0.15, 0.2) is 48.5 Å². The van der Waals surface area contributed by atoms with Crippen LogP contribution < -0.4 is 20.3 Å². The summed E-state index contributed by atoms with van der Waals surface area (Å²) in [6.07, 6.45) is 0.115. The van der Waals surface area contributed by atoms with Gasteiger partial charge in [0.05, 0.1) is 16.6 Å². The molecule has 1 atom stereocenters. The minimum Gasteiger partial charge on any atom is -0.484 e. The Hall–Kier alpha value is -3.06. The number of carbonyl (C=O) groups is 3. The molecule has 0 aliphatic carbocycles. The number of para-hydroxylation sites is 1. The van der Waals surface area contributed by atoms with E-state index in [4.69, 9.17) is 16.3 Å². The summed E-state index contributed by atoms with van der Waals surface area (Å²) >= 11 is 6.17. The minimum atomic E-state index is -0.487. The Morgan fingerprint density at radius 2 is 2.00 bits per heavy atom. The SMILES string of the molecule is CNC(=O)COc1cccc(NC(=O)C2CC(=O)N(c3ccccc3Cl)C2)c1. The largest absolute Gasteiger partial charge is 0.484 e. The standard InChI is InChI=1S/C20H20ClN3O4/c1-22-18(25)12-28-15-6-4-5-14(10-15)23-20(27)13-9-19(26)24(11-13)17-8-3-2-7-16(17)21/h2-8,10,13H,9,11-12H2,1H3,(H,22,25)(H,23,27). The molecular formula is C20H20ClN3O4. The molecule has 1 aliphatic rings. The number of amides is 3. The summed E-state index contributed by atoms with van der Waals surface area (Å²) in [5.74, 6) is -0.679. The molecule has 28 heavy (non-hydrogen) atoms. The lowest BCUT2D eigenvalue weighted by molar-refractivity contribution is -0.122. The Morgan fingerprint density at radius 3 is 2.75 bits per heavy atom. The van der Waals surface area contributed by atoms with E-state index in [1.54, 1.807) is 48.5 Å². The quantitative estimate of drug-likeness (QED) is 0.778. The summed E-state index contributed by atoms with van der Waals surface area (Å²) in [5, 5.41) is 5.74. The molecule has 8 heteroatoms. The van der Waals surface area contributed by atoms with Crippen LogP contribution in [0.5, 0.6) is 5.75 Å². The lowest BCUT2D eigenvalue weighted by Gasteiger charge is -2.18. The molecule has 1 aliphatic heterocycles. The van der Waals surface area contributed by atoms with Crippen LogP contribution in [0, 0.1) is 5.92 Å². The third-order valence-corrected chi connectivity index (χ3v) is 4.71. The van der Waals surface area contributed by atoms with E-state index in [1.807, 2.05) is 0 Å². The summed E-state index contributed by atoms with van der Waals surface area (Å²) < 4.78 is 5.37. The van der Waals surface area contributed by atoms with Crippen molar-refractivity contribution in [2.24, 2.45) is 5.92 Å². The summed E-state index contributed by atoms with van der Waals surface area (Å²) in [6.45, 7) is 0.152. The number of carbonyl (C=O) groups excluding carboxylic acids is 3. The van der Waals surface area contributed by atoms with Gasteiger partial charge >= 0.3 is 0 Å². The molecular weight excluding hydrogens is 382 g/mol.